The second kappa shape index (κ2) is 5.45. The standard InChI is InChI=1S/C20H20O2/c1-5-12(2)11-15-7-6-8-17-18(15)19(21)16-10-9-13(3)14(4)20(16)22-17/h6-11H,5H2,1-4H3. The van der Waals surface area contributed by atoms with Crippen molar-refractivity contribution in [2.75, 3.05) is 0 Å². The Labute approximate surface area is 130 Å². The van der Waals surface area contributed by atoms with Gasteiger partial charge in [-0.2, -0.15) is 0 Å². The third-order valence-corrected chi connectivity index (χ3v) is 4.38. The zero-order chi connectivity index (χ0) is 15.9. The maximum atomic E-state index is 13.0. The fourth-order valence-corrected chi connectivity index (χ4v) is 2.71. The first-order valence-electron chi connectivity index (χ1n) is 7.66. The van der Waals surface area contributed by atoms with Gasteiger partial charge < -0.3 is 4.42 Å². The number of hydrogen-bond donors (Lipinski definition) is 0. The van der Waals surface area contributed by atoms with Gasteiger partial charge in [0, 0.05) is 0 Å². The van der Waals surface area contributed by atoms with E-state index in [2.05, 4.69) is 19.9 Å². The Hall–Kier alpha value is -2.35. The molecule has 0 aliphatic heterocycles. The van der Waals surface area contributed by atoms with Gasteiger partial charge in [-0.25, -0.2) is 0 Å². The van der Waals surface area contributed by atoms with E-state index in [-0.39, 0.29) is 5.43 Å². The predicted molar refractivity (Wildman–Crippen MR) is 93.4 cm³/mol. The van der Waals surface area contributed by atoms with Gasteiger partial charge in [-0.15, -0.1) is 0 Å². The Kier molecular flexibility index (Phi) is 3.61. The fraction of sp³-hybridized carbons (Fsp3) is 0.250. The lowest BCUT2D eigenvalue weighted by Gasteiger charge is -2.08. The van der Waals surface area contributed by atoms with Crippen LogP contribution in [0.5, 0.6) is 0 Å². The van der Waals surface area contributed by atoms with E-state index in [1.807, 2.05) is 44.2 Å². The second-order valence-corrected chi connectivity index (χ2v) is 5.88. The molecule has 0 radical (unpaired) electrons. The summed E-state index contributed by atoms with van der Waals surface area (Å²) in [7, 11) is 0. The zero-order valence-corrected chi connectivity index (χ0v) is 13.5. The highest BCUT2D eigenvalue weighted by Crippen LogP contribution is 2.26. The molecule has 0 saturated heterocycles. The van der Waals surface area contributed by atoms with Crippen LogP contribution in [0.3, 0.4) is 0 Å². The van der Waals surface area contributed by atoms with Crippen molar-refractivity contribution in [1.29, 1.82) is 0 Å². The number of aryl methyl sites for hydroxylation is 2. The van der Waals surface area contributed by atoms with Crippen molar-refractivity contribution in [1.82, 2.24) is 0 Å². The summed E-state index contributed by atoms with van der Waals surface area (Å²) in [5.74, 6) is 0. The molecular weight excluding hydrogens is 272 g/mol. The van der Waals surface area contributed by atoms with Crippen LogP contribution < -0.4 is 5.43 Å². The average Bonchev–Trinajstić information content (AvgIpc) is 2.51. The third-order valence-electron chi connectivity index (χ3n) is 4.38. The normalized spacial score (nSPS) is 12.3. The van der Waals surface area contributed by atoms with Gasteiger partial charge in [-0.3, -0.25) is 4.79 Å². The smallest absolute Gasteiger partial charge is 0.201 e. The topological polar surface area (TPSA) is 30.2 Å². The molecule has 1 heterocycles. The van der Waals surface area contributed by atoms with E-state index in [4.69, 9.17) is 4.42 Å². The number of rotatable bonds is 2. The minimum absolute atomic E-state index is 0.0510. The summed E-state index contributed by atoms with van der Waals surface area (Å²) >= 11 is 0. The summed E-state index contributed by atoms with van der Waals surface area (Å²) in [6, 6.07) is 9.64. The van der Waals surface area contributed by atoms with Crippen LogP contribution in [0.25, 0.3) is 28.0 Å². The van der Waals surface area contributed by atoms with Crippen LogP contribution in [0.4, 0.5) is 0 Å². The lowest BCUT2D eigenvalue weighted by atomic mass is 10.0. The maximum Gasteiger partial charge on any atom is 0.201 e. The van der Waals surface area contributed by atoms with Gasteiger partial charge in [0.05, 0.1) is 10.8 Å². The molecule has 0 aliphatic rings. The van der Waals surface area contributed by atoms with E-state index in [1.165, 1.54) is 5.57 Å². The van der Waals surface area contributed by atoms with Crippen LogP contribution >= 0.6 is 0 Å². The molecule has 3 rings (SSSR count). The molecule has 0 fully saturated rings. The van der Waals surface area contributed by atoms with Gasteiger partial charge >= 0.3 is 0 Å². The lowest BCUT2D eigenvalue weighted by Crippen LogP contribution is -2.05. The van der Waals surface area contributed by atoms with Crippen LogP contribution in [0, 0.1) is 13.8 Å². The van der Waals surface area contributed by atoms with E-state index < -0.39 is 0 Å². The van der Waals surface area contributed by atoms with Gasteiger partial charge in [0.2, 0.25) is 5.43 Å². The molecule has 0 saturated carbocycles. The number of fused-ring (bicyclic) bond motifs is 2. The highest BCUT2D eigenvalue weighted by molar-refractivity contribution is 5.95. The Morgan fingerprint density at radius 3 is 2.68 bits per heavy atom. The largest absolute Gasteiger partial charge is 0.456 e. The minimum Gasteiger partial charge on any atom is -0.456 e. The molecule has 0 atom stereocenters. The van der Waals surface area contributed by atoms with Crippen LogP contribution in [0.2, 0.25) is 0 Å². The monoisotopic (exact) mass is 292 g/mol. The van der Waals surface area contributed by atoms with Crippen molar-refractivity contribution in [3.8, 4) is 0 Å². The minimum atomic E-state index is 0.0510. The fourth-order valence-electron chi connectivity index (χ4n) is 2.71. The maximum absolute atomic E-state index is 13.0. The summed E-state index contributed by atoms with van der Waals surface area (Å²) in [5, 5.41) is 1.33. The molecule has 2 aromatic carbocycles. The Morgan fingerprint density at radius 2 is 1.95 bits per heavy atom. The zero-order valence-electron chi connectivity index (χ0n) is 13.5. The molecule has 0 N–H and O–H groups in total. The first kappa shape index (κ1) is 14.6. The summed E-state index contributed by atoms with van der Waals surface area (Å²) in [4.78, 5) is 13.0. The predicted octanol–water partition coefficient (Wildman–Crippen LogP) is 5.38. The molecule has 3 aromatic rings. The third kappa shape index (κ3) is 2.25. The molecule has 0 aliphatic carbocycles. The first-order valence-corrected chi connectivity index (χ1v) is 7.66. The van der Waals surface area contributed by atoms with Gasteiger partial charge in [0.1, 0.15) is 11.2 Å². The molecule has 22 heavy (non-hydrogen) atoms. The number of benzene rings is 2. The average molecular weight is 292 g/mol. The summed E-state index contributed by atoms with van der Waals surface area (Å²) < 4.78 is 6.07. The van der Waals surface area contributed by atoms with E-state index in [0.717, 1.165) is 23.1 Å². The molecule has 0 bridgehead atoms. The summed E-state index contributed by atoms with van der Waals surface area (Å²) in [6.45, 7) is 8.22. The SMILES string of the molecule is CCC(C)=Cc1cccc2oc3c(C)c(C)ccc3c(=O)c12. The van der Waals surface area contributed by atoms with E-state index in [0.29, 0.717) is 21.9 Å². The van der Waals surface area contributed by atoms with Crippen molar-refractivity contribution in [3.05, 3.63) is 62.8 Å². The molecule has 0 spiro atoms. The van der Waals surface area contributed by atoms with Gasteiger partial charge in [-0.1, -0.05) is 36.8 Å². The molecule has 2 heteroatoms. The Balaban J connectivity index is 2.48. The van der Waals surface area contributed by atoms with Crippen molar-refractivity contribution < 1.29 is 4.42 Å². The van der Waals surface area contributed by atoms with Crippen LogP contribution in [-0.2, 0) is 0 Å². The van der Waals surface area contributed by atoms with Crippen molar-refractivity contribution >= 4 is 28.0 Å². The Morgan fingerprint density at radius 1 is 1.18 bits per heavy atom. The molecular formula is C20H20O2. The van der Waals surface area contributed by atoms with Gasteiger partial charge in [0.15, 0.2) is 0 Å². The van der Waals surface area contributed by atoms with Crippen LogP contribution in [-0.4, -0.2) is 0 Å². The van der Waals surface area contributed by atoms with Crippen molar-refractivity contribution in [3.63, 3.8) is 0 Å². The number of hydrogen-bond acceptors (Lipinski definition) is 2. The van der Waals surface area contributed by atoms with E-state index >= 15 is 0 Å². The molecule has 0 amide bonds. The molecule has 0 unspecified atom stereocenters. The first-order chi connectivity index (χ1) is 10.5. The van der Waals surface area contributed by atoms with Gasteiger partial charge in [-0.05, 0) is 56.0 Å². The molecule has 112 valence electrons. The quantitative estimate of drug-likeness (QED) is 0.594. The second-order valence-electron chi connectivity index (χ2n) is 5.88. The highest BCUT2D eigenvalue weighted by Gasteiger charge is 2.12. The lowest BCUT2D eigenvalue weighted by molar-refractivity contribution is 0.656. The number of allylic oxidation sites excluding steroid dienone is 1. The highest BCUT2D eigenvalue weighted by atomic mass is 16.3. The summed E-state index contributed by atoms with van der Waals surface area (Å²) in [6.07, 6.45) is 3.04. The van der Waals surface area contributed by atoms with E-state index in [1.54, 1.807) is 0 Å². The Bertz CT molecular complexity index is 959. The van der Waals surface area contributed by atoms with E-state index in [9.17, 15) is 4.79 Å². The van der Waals surface area contributed by atoms with Crippen molar-refractivity contribution in [2.24, 2.45) is 0 Å². The van der Waals surface area contributed by atoms with Crippen LogP contribution in [0.15, 0.2) is 45.1 Å². The molecule has 2 nitrogen and oxygen atoms in total. The summed E-state index contributed by atoms with van der Waals surface area (Å²) in [5.41, 5.74) is 5.75. The van der Waals surface area contributed by atoms with Crippen molar-refractivity contribution in [2.45, 2.75) is 34.1 Å². The van der Waals surface area contributed by atoms with Gasteiger partial charge in [0.25, 0.3) is 0 Å². The molecule has 1 aromatic heterocycles. The van der Waals surface area contributed by atoms with Crippen LogP contribution in [0.1, 0.15) is 37.0 Å².